The molecule has 2 aliphatic carbocycles. The van der Waals surface area contributed by atoms with Gasteiger partial charge in [0.15, 0.2) is 0 Å². The Morgan fingerprint density at radius 3 is 2.40 bits per heavy atom. The number of carbonyl (C=O) groups is 1. The van der Waals surface area contributed by atoms with Crippen molar-refractivity contribution in [1.82, 2.24) is 5.32 Å². The van der Waals surface area contributed by atoms with Crippen LogP contribution in [0.15, 0.2) is 0 Å². The van der Waals surface area contributed by atoms with E-state index < -0.39 is 0 Å². The number of fused-ring (bicyclic) bond motifs is 2. The van der Waals surface area contributed by atoms with E-state index in [9.17, 15) is 4.79 Å². The zero-order valence-corrected chi connectivity index (χ0v) is 13.8. The molecule has 5 unspecified atom stereocenters. The van der Waals surface area contributed by atoms with Gasteiger partial charge in [0, 0.05) is 19.7 Å². The maximum absolute atomic E-state index is 12.3. The van der Waals surface area contributed by atoms with Gasteiger partial charge >= 0.3 is 0 Å². The molecule has 0 heterocycles. The van der Waals surface area contributed by atoms with Crippen molar-refractivity contribution >= 4 is 18.3 Å². The molecule has 1 amide bonds. The zero-order chi connectivity index (χ0) is 14.2. The van der Waals surface area contributed by atoms with E-state index in [4.69, 9.17) is 10.5 Å². The highest BCUT2D eigenvalue weighted by Gasteiger charge is 2.49. The summed E-state index contributed by atoms with van der Waals surface area (Å²) < 4.78 is 5.47. The van der Waals surface area contributed by atoms with E-state index in [1.165, 1.54) is 12.8 Å². The second kappa shape index (κ2) is 6.63. The molecule has 5 heteroatoms. The molecule has 3 N–H and O–H groups in total. The van der Waals surface area contributed by atoms with E-state index in [1.54, 1.807) is 7.11 Å². The summed E-state index contributed by atoms with van der Waals surface area (Å²) in [4.78, 5) is 12.3. The van der Waals surface area contributed by atoms with Gasteiger partial charge in [0.25, 0.3) is 0 Å². The lowest BCUT2D eigenvalue weighted by molar-refractivity contribution is -0.128. The minimum absolute atomic E-state index is 0. The number of nitrogens with two attached hydrogens (primary N) is 1. The number of rotatable bonds is 4. The smallest absolute Gasteiger partial charge is 0.225 e. The highest BCUT2D eigenvalue weighted by Crippen LogP contribution is 2.47. The van der Waals surface area contributed by atoms with Gasteiger partial charge in [0.05, 0.1) is 12.0 Å². The van der Waals surface area contributed by atoms with Crippen molar-refractivity contribution in [2.45, 2.75) is 52.2 Å². The SMILES string of the molecule is COC(CNC(=O)C1C2CCC(C2)C1N)C(C)(C)C.Cl. The highest BCUT2D eigenvalue weighted by molar-refractivity contribution is 5.85. The summed E-state index contributed by atoms with van der Waals surface area (Å²) in [5.74, 6) is 1.24. The first kappa shape index (κ1) is 17.7. The molecule has 2 bridgehead atoms. The first-order chi connectivity index (χ1) is 8.84. The van der Waals surface area contributed by atoms with E-state index in [0.29, 0.717) is 18.4 Å². The van der Waals surface area contributed by atoms with Crippen molar-refractivity contribution in [2.24, 2.45) is 28.9 Å². The molecule has 0 saturated heterocycles. The maximum Gasteiger partial charge on any atom is 0.225 e. The number of amides is 1. The highest BCUT2D eigenvalue weighted by atomic mass is 35.5. The average Bonchev–Trinajstić information content (AvgIpc) is 2.88. The molecule has 0 aliphatic heterocycles. The maximum atomic E-state index is 12.3. The Bertz CT molecular complexity index is 341. The van der Waals surface area contributed by atoms with Crippen LogP contribution in [0.3, 0.4) is 0 Å². The normalized spacial score (nSPS) is 33.6. The molecule has 0 aromatic rings. The topological polar surface area (TPSA) is 64.3 Å². The van der Waals surface area contributed by atoms with Crippen LogP contribution in [-0.2, 0) is 9.53 Å². The number of hydrogen-bond donors (Lipinski definition) is 2. The van der Waals surface area contributed by atoms with Gasteiger partial charge in [-0.3, -0.25) is 4.79 Å². The van der Waals surface area contributed by atoms with Gasteiger partial charge in [-0.15, -0.1) is 12.4 Å². The molecule has 0 aromatic carbocycles. The molecule has 4 nitrogen and oxygen atoms in total. The molecule has 5 atom stereocenters. The van der Waals surface area contributed by atoms with Crippen LogP contribution in [0.2, 0.25) is 0 Å². The predicted molar refractivity (Wildman–Crippen MR) is 82.8 cm³/mol. The van der Waals surface area contributed by atoms with Crippen LogP contribution in [0.1, 0.15) is 40.0 Å². The van der Waals surface area contributed by atoms with Crippen molar-refractivity contribution in [3.8, 4) is 0 Å². The van der Waals surface area contributed by atoms with E-state index in [0.717, 1.165) is 6.42 Å². The standard InChI is InChI=1S/C15H28N2O2.ClH/c1-15(2,3)11(19-4)8-17-14(18)12-9-5-6-10(7-9)13(12)16;/h9-13H,5-8,16H2,1-4H3,(H,17,18);1H. The summed E-state index contributed by atoms with van der Waals surface area (Å²) in [6.45, 7) is 6.93. The summed E-state index contributed by atoms with van der Waals surface area (Å²) >= 11 is 0. The lowest BCUT2D eigenvalue weighted by atomic mass is 9.84. The number of methoxy groups -OCH3 is 1. The van der Waals surface area contributed by atoms with Gasteiger partial charge in [-0.2, -0.15) is 0 Å². The molecule has 2 fully saturated rings. The summed E-state index contributed by atoms with van der Waals surface area (Å²) in [6, 6.07) is 0.0642. The number of carbonyl (C=O) groups excluding carboxylic acids is 1. The Kier molecular flexibility index (Phi) is 5.88. The second-order valence-corrected chi connectivity index (χ2v) is 7.27. The van der Waals surface area contributed by atoms with Crippen LogP contribution in [0.25, 0.3) is 0 Å². The third kappa shape index (κ3) is 3.46. The lowest BCUT2D eigenvalue weighted by Crippen LogP contribution is -2.48. The van der Waals surface area contributed by atoms with Crippen molar-refractivity contribution in [3.05, 3.63) is 0 Å². The van der Waals surface area contributed by atoms with Crippen LogP contribution < -0.4 is 11.1 Å². The predicted octanol–water partition coefficient (Wildman–Crippen LogP) is 1.96. The Morgan fingerprint density at radius 2 is 1.95 bits per heavy atom. The van der Waals surface area contributed by atoms with E-state index in [-0.39, 0.29) is 41.8 Å². The third-order valence-corrected chi connectivity index (χ3v) is 5.00. The van der Waals surface area contributed by atoms with Crippen LogP contribution in [0.4, 0.5) is 0 Å². The second-order valence-electron chi connectivity index (χ2n) is 7.27. The van der Waals surface area contributed by atoms with Crippen molar-refractivity contribution in [3.63, 3.8) is 0 Å². The van der Waals surface area contributed by atoms with Gasteiger partial charge < -0.3 is 15.8 Å². The fraction of sp³-hybridized carbons (Fsp3) is 0.933. The molecule has 2 aliphatic rings. The Hall–Kier alpha value is -0.320. The summed E-state index contributed by atoms with van der Waals surface area (Å²) in [6.07, 6.45) is 3.56. The van der Waals surface area contributed by atoms with Crippen molar-refractivity contribution in [2.75, 3.05) is 13.7 Å². The number of nitrogens with one attached hydrogen (secondary N) is 1. The fourth-order valence-electron chi connectivity index (χ4n) is 3.78. The molecule has 0 radical (unpaired) electrons. The van der Waals surface area contributed by atoms with Crippen molar-refractivity contribution in [1.29, 1.82) is 0 Å². The van der Waals surface area contributed by atoms with Gasteiger partial charge in [0.1, 0.15) is 0 Å². The van der Waals surface area contributed by atoms with Crippen LogP contribution in [-0.4, -0.2) is 31.7 Å². The minimum Gasteiger partial charge on any atom is -0.379 e. The van der Waals surface area contributed by atoms with Gasteiger partial charge in [0.2, 0.25) is 5.91 Å². The Balaban J connectivity index is 0.00000200. The van der Waals surface area contributed by atoms with Gasteiger partial charge in [-0.05, 0) is 36.5 Å². The van der Waals surface area contributed by atoms with Gasteiger partial charge in [-0.25, -0.2) is 0 Å². The van der Waals surface area contributed by atoms with Crippen molar-refractivity contribution < 1.29 is 9.53 Å². The van der Waals surface area contributed by atoms with Crippen LogP contribution in [0, 0.1) is 23.2 Å². The first-order valence-electron chi connectivity index (χ1n) is 7.40. The third-order valence-electron chi connectivity index (χ3n) is 5.00. The van der Waals surface area contributed by atoms with Gasteiger partial charge in [-0.1, -0.05) is 20.8 Å². The molecule has 2 saturated carbocycles. The van der Waals surface area contributed by atoms with E-state index >= 15 is 0 Å². The Labute approximate surface area is 128 Å². The number of hydrogen-bond acceptors (Lipinski definition) is 3. The summed E-state index contributed by atoms with van der Waals surface area (Å²) in [5, 5.41) is 3.05. The number of ether oxygens (including phenoxy) is 1. The van der Waals surface area contributed by atoms with E-state index in [2.05, 4.69) is 26.1 Å². The minimum atomic E-state index is 0. The molecule has 0 aromatic heterocycles. The first-order valence-corrected chi connectivity index (χ1v) is 7.40. The van der Waals surface area contributed by atoms with Crippen LogP contribution >= 0.6 is 12.4 Å². The molecule has 20 heavy (non-hydrogen) atoms. The quantitative estimate of drug-likeness (QED) is 0.834. The zero-order valence-electron chi connectivity index (χ0n) is 13.0. The number of halogens is 1. The summed E-state index contributed by atoms with van der Waals surface area (Å²) in [7, 11) is 1.70. The largest absolute Gasteiger partial charge is 0.379 e. The van der Waals surface area contributed by atoms with E-state index in [1.807, 2.05) is 0 Å². The Morgan fingerprint density at radius 1 is 1.35 bits per heavy atom. The van der Waals surface area contributed by atoms with Crippen LogP contribution in [0.5, 0.6) is 0 Å². The molecule has 118 valence electrons. The monoisotopic (exact) mass is 304 g/mol. The molecular formula is C15H29ClN2O2. The molecule has 2 rings (SSSR count). The summed E-state index contributed by atoms with van der Waals surface area (Å²) in [5.41, 5.74) is 6.22. The average molecular weight is 305 g/mol. The molecular weight excluding hydrogens is 276 g/mol. The lowest BCUT2D eigenvalue weighted by Gasteiger charge is -2.31. The fourth-order valence-corrected chi connectivity index (χ4v) is 3.78. The molecule has 0 spiro atoms.